The molecule has 1 heterocycles. The number of carbonyl (C=O) groups excluding carboxylic acids is 4. The third-order valence-corrected chi connectivity index (χ3v) is 5.98. The first-order valence-electron chi connectivity index (χ1n) is 10.6. The molecule has 0 bridgehead atoms. The van der Waals surface area contributed by atoms with Gasteiger partial charge in [0.25, 0.3) is 23.4 Å². The van der Waals surface area contributed by atoms with Gasteiger partial charge in [-0.2, -0.15) is 5.01 Å². The number of para-hydroxylation sites is 1. The number of ether oxygens (including phenoxy) is 1. The molecule has 1 fully saturated rings. The van der Waals surface area contributed by atoms with Crippen LogP contribution in [0.25, 0.3) is 0 Å². The quantitative estimate of drug-likeness (QED) is 0.203. The average Bonchev–Trinajstić information content (AvgIpc) is 3.11. The van der Waals surface area contributed by atoms with Gasteiger partial charge in [0.1, 0.15) is 17.9 Å². The molecule has 0 N–H and O–H groups in total. The minimum absolute atomic E-state index is 0.192. The van der Waals surface area contributed by atoms with E-state index in [-0.39, 0.29) is 11.1 Å². The largest absolute Gasteiger partial charge is 0.497 e. The van der Waals surface area contributed by atoms with Crippen LogP contribution in [0.1, 0.15) is 33.6 Å². The van der Waals surface area contributed by atoms with Crippen LogP contribution in [0.2, 0.25) is 0 Å². The molecule has 2 aromatic carbocycles. The summed E-state index contributed by atoms with van der Waals surface area (Å²) < 4.78 is 5.13. The number of rotatable bonds is 7. The van der Waals surface area contributed by atoms with Gasteiger partial charge in [-0.05, 0) is 31.0 Å². The Morgan fingerprint density at radius 2 is 1.71 bits per heavy atom. The first kappa shape index (κ1) is 22.8. The van der Waals surface area contributed by atoms with Crippen LogP contribution in [0.4, 0.5) is 5.69 Å². The van der Waals surface area contributed by atoms with Crippen LogP contribution in [0.3, 0.4) is 0 Å². The van der Waals surface area contributed by atoms with E-state index in [1.165, 1.54) is 37.4 Å². The van der Waals surface area contributed by atoms with Crippen molar-refractivity contribution in [1.82, 2.24) is 10.0 Å². The molecule has 0 aromatic heterocycles. The highest BCUT2D eigenvalue weighted by atomic mass is 16.6. The number of imide groups is 1. The summed E-state index contributed by atoms with van der Waals surface area (Å²) in [6.45, 7) is -0.664. The molecule has 2 aliphatic rings. The predicted octanol–water partition coefficient (Wildman–Crippen LogP) is 2.79. The highest BCUT2D eigenvalue weighted by molar-refractivity contribution is 6.10. The van der Waals surface area contributed by atoms with Crippen LogP contribution in [-0.4, -0.2) is 52.1 Å². The van der Waals surface area contributed by atoms with E-state index < -0.39 is 52.5 Å². The summed E-state index contributed by atoms with van der Waals surface area (Å²) in [5.74, 6) is -3.66. The second-order valence-corrected chi connectivity index (χ2v) is 7.94. The third kappa shape index (κ3) is 4.05. The van der Waals surface area contributed by atoms with Gasteiger partial charge >= 0.3 is 0 Å². The molecule has 10 heteroatoms. The minimum Gasteiger partial charge on any atom is -0.497 e. The van der Waals surface area contributed by atoms with Gasteiger partial charge in [-0.15, -0.1) is 0 Å². The van der Waals surface area contributed by atoms with Crippen molar-refractivity contribution < 1.29 is 28.8 Å². The van der Waals surface area contributed by atoms with E-state index in [1.54, 1.807) is 24.3 Å². The number of Topliss-reactive ketones (excluding diaryl/α,β-unsaturated/α-hetero) is 1. The number of nitro benzene ring substituents is 1. The van der Waals surface area contributed by atoms with E-state index in [1.807, 2.05) is 0 Å². The number of amides is 3. The van der Waals surface area contributed by atoms with Crippen molar-refractivity contribution in [3.05, 3.63) is 81.9 Å². The first-order chi connectivity index (χ1) is 16.3. The molecular weight excluding hydrogens is 442 g/mol. The van der Waals surface area contributed by atoms with Crippen LogP contribution in [-0.2, 0) is 9.59 Å². The number of nitro groups is 1. The molecule has 0 saturated carbocycles. The van der Waals surface area contributed by atoms with Crippen molar-refractivity contribution >= 4 is 29.2 Å². The maximum atomic E-state index is 13.5. The molecular formula is C24H21N3O7. The second kappa shape index (κ2) is 9.26. The maximum absolute atomic E-state index is 13.5. The smallest absolute Gasteiger partial charge is 0.282 e. The fourth-order valence-corrected chi connectivity index (χ4v) is 4.23. The van der Waals surface area contributed by atoms with Crippen molar-refractivity contribution in [3.63, 3.8) is 0 Å². The second-order valence-electron chi connectivity index (χ2n) is 7.94. The molecule has 1 saturated heterocycles. The fraction of sp³-hybridized carbons (Fsp3) is 0.250. The summed E-state index contributed by atoms with van der Waals surface area (Å²) in [6, 6.07) is 11.4. The molecule has 2 aromatic rings. The number of ketones is 1. The number of nitrogens with zero attached hydrogens (tertiary/aromatic N) is 3. The fourth-order valence-electron chi connectivity index (χ4n) is 4.23. The Labute approximate surface area is 194 Å². The Morgan fingerprint density at radius 3 is 2.32 bits per heavy atom. The van der Waals surface area contributed by atoms with Gasteiger partial charge in [-0.25, -0.2) is 5.01 Å². The number of fused-ring (bicyclic) bond motifs is 1. The first-order valence-corrected chi connectivity index (χ1v) is 10.6. The zero-order chi connectivity index (χ0) is 24.4. The van der Waals surface area contributed by atoms with Crippen LogP contribution in [0.5, 0.6) is 5.75 Å². The predicted molar refractivity (Wildman–Crippen MR) is 119 cm³/mol. The lowest BCUT2D eigenvalue weighted by molar-refractivity contribution is -0.385. The molecule has 2 atom stereocenters. The van der Waals surface area contributed by atoms with Crippen LogP contribution >= 0.6 is 0 Å². The lowest BCUT2D eigenvalue weighted by Crippen LogP contribution is -2.52. The summed E-state index contributed by atoms with van der Waals surface area (Å²) in [6.07, 6.45) is 4.27. The molecule has 0 spiro atoms. The average molecular weight is 463 g/mol. The zero-order valence-electron chi connectivity index (χ0n) is 18.2. The van der Waals surface area contributed by atoms with E-state index in [0.717, 1.165) is 11.1 Å². The van der Waals surface area contributed by atoms with Gasteiger partial charge in [0, 0.05) is 11.6 Å². The Kier molecular flexibility index (Phi) is 6.22. The monoisotopic (exact) mass is 463 g/mol. The zero-order valence-corrected chi connectivity index (χ0v) is 18.2. The van der Waals surface area contributed by atoms with Crippen molar-refractivity contribution in [3.8, 4) is 5.75 Å². The summed E-state index contributed by atoms with van der Waals surface area (Å²) in [5, 5.41) is 12.9. The number of methoxy groups -OCH3 is 1. The molecule has 10 nitrogen and oxygen atoms in total. The Balaban J connectivity index is 1.74. The van der Waals surface area contributed by atoms with E-state index in [4.69, 9.17) is 4.74 Å². The molecule has 0 unspecified atom stereocenters. The Hall–Kier alpha value is -4.34. The van der Waals surface area contributed by atoms with Crippen LogP contribution in [0, 0.1) is 22.0 Å². The summed E-state index contributed by atoms with van der Waals surface area (Å²) in [4.78, 5) is 63.8. The van der Waals surface area contributed by atoms with Crippen LogP contribution in [0.15, 0.2) is 60.7 Å². The highest BCUT2D eigenvalue weighted by Crippen LogP contribution is 2.36. The number of hydrogen-bond donors (Lipinski definition) is 0. The van der Waals surface area contributed by atoms with E-state index >= 15 is 0 Å². The van der Waals surface area contributed by atoms with E-state index in [9.17, 15) is 29.3 Å². The minimum atomic E-state index is -0.989. The van der Waals surface area contributed by atoms with Gasteiger partial charge in [0.2, 0.25) is 0 Å². The van der Waals surface area contributed by atoms with Gasteiger partial charge in [0.05, 0.1) is 23.9 Å². The number of hydrazine groups is 1. The third-order valence-electron chi connectivity index (χ3n) is 5.98. The summed E-state index contributed by atoms with van der Waals surface area (Å²) in [7, 11) is 1.44. The van der Waals surface area contributed by atoms with Crippen molar-refractivity contribution in [1.29, 1.82) is 0 Å². The van der Waals surface area contributed by atoms with Gasteiger partial charge in [-0.1, -0.05) is 36.4 Å². The van der Waals surface area contributed by atoms with Crippen molar-refractivity contribution in [2.45, 2.75) is 12.8 Å². The van der Waals surface area contributed by atoms with E-state index in [0.29, 0.717) is 23.6 Å². The molecule has 34 heavy (non-hydrogen) atoms. The SMILES string of the molecule is COc1cccc(C(=O)CN(C(=O)c2ccccc2[N+](=O)[O-])N2C(=O)[C@@H]3CC=CC[C@H]3C2=O)c1. The lowest BCUT2D eigenvalue weighted by Gasteiger charge is -2.30. The maximum Gasteiger partial charge on any atom is 0.282 e. The Bertz CT molecular complexity index is 1200. The molecule has 0 radical (unpaired) electrons. The number of hydrogen-bond acceptors (Lipinski definition) is 7. The number of carbonyl (C=O) groups is 4. The standard InChI is InChI=1S/C24H21N3O7/c1-34-16-8-6-7-15(13-16)21(28)14-25(22(29)19-11-4-5-12-20(19)27(32)33)26-23(30)17-9-2-3-10-18(17)24(26)31/h2-8,11-13,17-18H,9-10,14H2,1H3/t17-,18-/m1/s1. The van der Waals surface area contributed by atoms with Crippen molar-refractivity contribution in [2.75, 3.05) is 13.7 Å². The molecule has 174 valence electrons. The van der Waals surface area contributed by atoms with E-state index in [2.05, 4.69) is 0 Å². The summed E-state index contributed by atoms with van der Waals surface area (Å²) in [5.41, 5.74) is -0.637. The highest BCUT2D eigenvalue weighted by Gasteiger charge is 2.51. The van der Waals surface area contributed by atoms with Gasteiger partial charge in [-0.3, -0.25) is 29.3 Å². The number of benzene rings is 2. The summed E-state index contributed by atoms with van der Waals surface area (Å²) >= 11 is 0. The topological polar surface area (TPSA) is 127 Å². The van der Waals surface area contributed by atoms with Crippen molar-refractivity contribution in [2.24, 2.45) is 11.8 Å². The molecule has 3 amide bonds. The molecule has 1 aliphatic carbocycles. The Morgan fingerprint density at radius 1 is 1.06 bits per heavy atom. The van der Waals surface area contributed by atoms with Gasteiger partial charge in [0.15, 0.2) is 5.78 Å². The normalized spacial score (nSPS) is 19.0. The van der Waals surface area contributed by atoms with Crippen LogP contribution < -0.4 is 4.74 Å². The molecule has 1 aliphatic heterocycles. The molecule has 4 rings (SSSR count). The van der Waals surface area contributed by atoms with Gasteiger partial charge < -0.3 is 4.74 Å². The lowest BCUT2D eigenvalue weighted by atomic mass is 9.85. The number of allylic oxidation sites excluding steroid dienone is 2.